The molecule has 0 bridgehead atoms. The average Bonchev–Trinajstić information content (AvgIpc) is 2.08. The second-order valence-corrected chi connectivity index (χ2v) is 3.57. The van der Waals surface area contributed by atoms with Crippen molar-refractivity contribution in [3.63, 3.8) is 0 Å². The number of rotatable bonds is 2. The van der Waals surface area contributed by atoms with Gasteiger partial charge in [-0.1, -0.05) is 23.3 Å². The molecule has 1 aliphatic carbocycles. The molecule has 2 unspecified atom stereocenters. The summed E-state index contributed by atoms with van der Waals surface area (Å²) in [6.45, 7) is 1.50. The standard InChI is InChI=1S/C7H8N3O2P/c1-7(11)4-2-3-5(13-12)6(7)9-10-8/h2-4,6,11H,1H3. The van der Waals surface area contributed by atoms with E-state index in [2.05, 4.69) is 10.0 Å². The van der Waals surface area contributed by atoms with E-state index in [1.807, 2.05) is 0 Å². The van der Waals surface area contributed by atoms with Gasteiger partial charge < -0.3 is 5.11 Å². The van der Waals surface area contributed by atoms with Crippen LogP contribution in [0.1, 0.15) is 6.92 Å². The molecule has 1 rings (SSSR count). The minimum absolute atomic E-state index is 0.235. The molecule has 1 N–H and O–H groups in total. The van der Waals surface area contributed by atoms with Gasteiger partial charge in [-0.25, -0.2) is 0 Å². The molecule has 0 saturated heterocycles. The summed E-state index contributed by atoms with van der Waals surface area (Å²) < 4.78 is 10.6. The SMILES string of the molecule is CC1(O)C=CC=C(P=O)C1N=[N+]=[N-]. The molecule has 68 valence electrons. The molecule has 0 aliphatic heterocycles. The fourth-order valence-electron chi connectivity index (χ4n) is 1.13. The lowest BCUT2D eigenvalue weighted by atomic mass is 9.92. The second kappa shape index (κ2) is 3.71. The summed E-state index contributed by atoms with van der Waals surface area (Å²) >= 11 is 0. The van der Waals surface area contributed by atoms with Gasteiger partial charge in [-0.2, -0.15) is 0 Å². The number of allylic oxidation sites excluding steroid dienone is 2. The van der Waals surface area contributed by atoms with Gasteiger partial charge in [0.2, 0.25) is 0 Å². The van der Waals surface area contributed by atoms with Crippen LogP contribution in [0.3, 0.4) is 0 Å². The Morgan fingerprint density at radius 1 is 1.85 bits per heavy atom. The van der Waals surface area contributed by atoms with Gasteiger partial charge in [0.25, 0.3) is 0 Å². The Morgan fingerprint density at radius 2 is 2.54 bits per heavy atom. The van der Waals surface area contributed by atoms with Crippen molar-refractivity contribution in [3.05, 3.63) is 34.0 Å². The molecule has 0 amide bonds. The third-order valence-corrected chi connectivity index (χ3v) is 2.41. The van der Waals surface area contributed by atoms with Crippen LogP contribution in [0, 0.1) is 0 Å². The molecule has 1 aliphatic rings. The first-order chi connectivity index (χ1) is 6.11. The molecule has 2 atom stereocenters. The Labute approximate surface area is 76.6 Å². The van der Waals surface area contributed by atoms with Crippen LogP contribution in [-0.2, 0) is 4.57 Å². The predicted octanol–water partition coefficient (Wildman–Crippen LogP) is 2.16. The van der Waals surface area contributed by atoms with Crippen molar-refractivity contribution in [1.82, 2.24) is 0 Å². The molecule has 0 aromatic rings. The van der Waals surface area contributed by atoms with Gasteiger partial charge in [0, 0.05) is 10.2 Å². The first-order valence-electron chi connectivity index (χ1n) is 3.61. The predicted molar refractivity (Wildman–Crippen MR) is 48.4 cm³/mol. The smallest absolute Gasteiger partial charge is 0.188 e. The maximum atomic E-state index is 10.6. The number of nitrogens with zero attached hydrogens (tertiary/aromatic N) is 3. The molecular formula is C7H8N3O2P. The summed E-state index contributed by atoms with van der Waals surface area (Å²) in [5.74, 6) is 0. The van der Waals surface area contributed by atoms with Gasteiger partial charge in [0.15, 0.2) is 8.46 Å². The molecule has 0 radical (unpaired) electrons. The van der Waals surface area contributed by atoms with Crippen LogP contribution in [0.4, 0.5) is 0 Å². The molecule has 0 aromatic carbocycles. The van der Waals surface area contributed by atoms with Crippen molar-refractivity contribution in [2.75, 3.05) is 0 Å². The molecule has 6 heteroatoms. The van der Waals surface area contributed by atoms with E-state index >= 15 is 0 Å². The molecule has 13 heavy (non-hydrogen) atoms. The van der Waals surface area contributed by atoms with E-state index in [4.69, 9.17) is 5.53 Å². The van der Waals surface area contributed by atoms with E-state index in [-0.39, 0.29) is 8.46 Å². The Balaban J connectivity index is 3.10. The highest BCUT2D eigenvalue weighted by Crippen LogP contribution is 2.32. The van der Waals surface area contributed by atoms with Crippen molar-refractivity contribution >= 4 is 8.46 Å². The molecule has 0 fully saturated rings. The normalized spacial score (nSPS) is 32.5. The lowest BCUT2D eigenvalue weighted by molar-refractivity contribution is 0.0951. The second-order valence-electron chi connectivity index (χ2n) is 2.88. The third-order valence-electron chi connectivity index (χ3n) is 1.81. The van der Waals surface area contributed by atoms with Crippen molar-refractivity contribution < 1.29 is 9.67 Å². The van der Waals surface area contributed by atoms with E-state index in [9.17, 15) is 9.67 Å². The quantitative estimate of drug-likeness (QED) is 0.318. The third kappa shape index (κ3) is 1.95. The van der Waals surface area contributed by atoms with E-state index < -0.39 is 11.6 Å². The van der Waals surface area contributed by atoms with Crippen molar-refractivity contribution in [2.24, 2.45) is 5.11 Å². The van der Waals surface area contributed by atoms with Crippen LogP contribution in [0.2, 0.25) is 0 Å². The van der Waals surface area contributed by atoms with Crippen LogP contribution in [0.25, 0.3) is 10.4 Å². The van der Waals surface area contributed by atoms with Gasteiger partial charge >= 0.3 is 0 Å². The summed E-state index contributed by atoms with van der Waals surface area (Å²) in [5, 5.41) is 13.5. The molecule has 5 nitrogen and oxygen atoms in total. The first kappa shape index (κ1) is 9.93. The summed E-state index contributed by atoms with van der Waals surface area (Å²) in [5.41, 5.74) is 7.00. The summed E-state index contributed by atoms with van der Waals surface area (Å²) in [6.07, 6.45) is 4.65. The lowest BCUT2D eigenvalue weighted by Gasteiger charge is -2.28. The number of aliphatic hydroxyl groups is 1. The van der Waals surface area contributed by atoms with Gasteiger partial charge in [0.1, 0.15) is 6.04 Å². The lowest BCUT2D eigenvalue weighted by Crippen LogP contribution is -2.37. The van der Waals surface area contributed by atoms with Gasteiger partial charge in [-0.05, 0) is 12.5 Å². The Kier molecular flexibility index (Phi) is 2.83. The highest BCUT2D eigenvalue weighted by molar-refractivity contribution is 7.29. The molecular weight excluding hydrogens is 189 g/mol. The van der Waals surface area contributed by atoms with Crippen molar-refractivity contribution in [3.8, 4) is 0 Å². The summed E-state index contributed by atoms with van der Waals surface area (Å²) in [6, 6.07) is -0.790. The van der Waals surface area contributed by atoms with Gasteiger partial charge in [-0.3, -0.25) is 4.57 Å². The van der Waals surface area contributed by atoms with E-state index in [0.717, 1.165) is 0 Å². The van der Waals surface area contributed by atoms with Crippen LogP contribution >= 0.6 is 8.46 Å². The highest BCUT2D eigenvalue weighted by atomic mass is 31.1. The topological polar surface area (TPSA) is 86.1 Å². The van der Waals surface area contributed by atoms with Crippen LogP contribution in [0.15, 0.2) is 28.7 Å². The fraction of sp³-hybridized carbons (Fsp3) is 0.429. The zero-order valence-corrected chi connectivity index (χ0v) is 7.85. The van der Waals surface area contributed by atoms with E-state index in [1.54, 1.807) is 12.2 Å². The van der Waals surface area contributed by atoms with Gasteiger partial charge in [0.05, 0.1) is 5.60 Å². The van der Waals surface area contributed by atoms with E-state index in [0.29, 0.717) is 5.31 Å². The highest BCUT2D eigenvalue weighted by Gasteiger charge is 2.33. The number of azide groups is 1. The minimum atomic E-state index is -1.26. The zero-order valence-electron chi connectivity index (χ0n) is 6.95. The monoisotopic (exact) mass is 197 g/mol. The first-order valence-corrected chi connectivity index (χ1v) is 4.42. The van der Waals surface area contributed by atoms with Crippen LogP contribution in [-0.4, -0.2) is 16.7 Å². The van der Waals surface area contributed by atoms with E-state index in [1.165, 1.54) is 13.0 Å². The number of hydrogen-bond donors (Lipinski definition) is 1. The summed E-state index contributed by atoms with van der Waals surface area (Å²) in [7, 11) is -0.235. The molecule has 0 aromatic heterocycles. The van der Waals surface area contributed by atoms with Crippen molar-refractivity contribution in [2.45, 2.75) is 18.6 Å². The maximum absolute atomic E-state index is 10.6. The van der Waals surface area contributed by atoms with Crippen LogP contribution in [0.5, 0.6) is 0 Å². The molecule has 0 spiro atoms. The Hall–Kier alpha value is -1.15. The average molecular weight is 197 g/mol. The molecule has 0 saturated carbocycles. The number of hydrogen-bond acceptors (Lipinski definition) is 3. The Morgan fingerprint density at radius 3 is 3.08 bits per heavy atom. The van der Waals surface area contributed by atoms with Crippen molar-refractivity contribution in [1.29, 1.82) is 0 Å². The van der Waals surface area contributed by atoms with Crippen LogP contribution < -0.4 is 0 Å². The largest absolute Gasteiger partial charge is 0.385 e. The zero-order chi connectivity index (χ0) is 9.90. The summed E-state index contributed by atoms with van der Waals surface area (Å²) in [4.78, 5) is 2.60. The maximum Gasteiger partial charge on any atom is 0.188 e. The fourth-order valence-corrected chi connectivity index (χ4v) is 1.69. The van der Waals surface area contributed by atoms with Gasteiger partial charge in [-0.15, -0.1) is 0 Å². The molecule has 0 heterocycles. The minimum Gasteiger partial charge on any atom is -0.385 e. The Bertz CT molecular complexity index is 329.